The number of hydrogen-bond donors (Lipinski definition) is 2. The van der Waals surface area contributed by atoms with Gasteiger partial charge in [0.25, 0.3) is 11.6 Å². The standard InChI is InChI=1S/C25H23N5O3/c1-26-22-13-12-20(14-23(22)30(32)33)25(31)27-15-21-17-29(16-18-8-4-2-5-9-18)28-24(21)19-10-6-3-7-11-19/h2-14,17,26H,15-16H2,1H3,(H,27,31). The number of anilines is 1. The van der Waals surface area contributed by atoms with Crippen molar-refractivity contribution in [3.63, 3.8) is 0 Å². The van der Waals surface area contributed by atoms with Crippen molar-refractivity contribution in [2.75, 3.05) is 12.4 Å². The van der Waals surface area contributed by atoms with Crippen LogP contribution in [0.15, 0.2) is 85.1 Å². The molecule has 0 aliphatic heterocycles. The molecule has 0 aliphatic carbocycles. The summed E-state index contributed by atoms with van der Waals surface area (Å²) in [6.45, 7) is 0.839. The Bertz CT molecular complexity index is 1270. The summed E-state index contributed by atoms with van der Waals surface area (Å²) in [6.07, 6.45) is 1.92. The van der Waals surface area contributed by atoms with Crippen LogP contribution in [-0.2, 0) is 13.1 Å². The molecule has 166 valence electrons. The number of carbonyl (C=O) groups is 1. The van der Waals surface area contributed by atoms with Crippen molar-refractivity contribution < 1.29 is 9.72 Å². The third kappa shape index (κ3) is 5.07. The number of rotatable bonds is 8. The molecule has 4 rings (SSSR count). The molecule has 0 radical (unpaired) electrons. The topological polar surface area (TPSA) is 102 Å². The van der Waals surface area contributed by atoms with E-state index in [1.54, 1.807) is 13.1 Å². The fourth-order valence-electron chi connectivity index (χ4n) is 3.60. The van der Waals surface area contributed by atoms with Crippen LogP contribution < -0.4 is 10.6 Å². The van der Waals surface area contributed by atoms with Gasteiger partial charge in [-0.15, -0.1) is 0 Å². The van der Waals surface area contributed by atoms with E-state index in [1.807, 2.05) is 71.5 Å². The molecule has 1 aromatic heterocycles. The predicted octanol–water partition coefficient (Wildman–Crippen LogP) is 4.48. The molecule has 1 amide bonds. The summed E-state index contributed by atoms with van der Waals surface area (Å²) < 4.78 is 1.85. The van der Waals surface area contributed by atoms with Crippen LogP contribution in [0, 0.1) is 10.1 Å². The van der Waals surface area contributed by atoms with E-state index in [-0.39, 0.29) is 17.8 Å². The number of benzene rings is 3. The van der Waals surface area contributed by atoms with Crippen LogP contribution in [0.2, 0.25) is 0 Å². The molecule has 0 saturated heterocycles. The normalized spacial score (nSPS) is 10.6. The maximum absolute atomic E-state index is 12.8. The lowest BCUT2D eigenvalue weighted by Crippen LogP contribution is -2.23. The lowest BCUT2D eigenvalue weighted by atomic mass is 10.1. The van der Waals surface area contributed by atoms with E-state index in [9.17, 15) is 14.9 Å². The van der Waals surface area contributed by atoms with Gasteiger partial charge in [-0.05, 0) is 17.7 Å². The molecule has 3 aromatic carbocycles. The summed E-state index contributed by atoms with van der Waals surface area (Å²) in [5, 5.41) is 21.7. The lowest BCUT2D eigenvalue weighted by molar-refractivity contribution is -0.384. The van der Waals surface area contributed by atoms with Crippen LogP contribution in [0.4, 0.5) is 11.4 Å². The third-order valence-electron chi connectivity index (χ3n) is 5.24. The van der Waals surface area contributed by atoms with Crippen LogP contribution in [0.5, 0.6) is 0 Å². The van der Waals surface area contributed by atoms with E-state index in [2.05, 4.69) is 10.6 Å². The Hall–Kier alpha value is -4.46. The molecule has 0 saturated carbocycles. The van der Waals surface area contributed by atoms with Crippen LogP contribution in [0.3, 0.4) is 0 Å². The SMILES string of the molecule is CNc1ccc(C(=O)NCc2cn(Cc3ccccc3)nc2-c2ccccc2)cc1[N+](=O)[O-]. The minimum Gasteiger partial charge on any atom is -0.383 e. The van der Waals surface area contributed by atoms with Crippen molar-refractivity contribution in [2.24, 2.45) is 0 Å². The molecule has 33 heavy (non-hydrogen) atoms. The maximum Gasteiger partial charge on any atom is 0.293 e. The van der Waals surface area contributed by atoms with Gasteiger partial charge in [-0.2, -0.15) is 5.10 Å². The van der Waals surface area contributed by atoms with Gasteiger partial charge in [0.15, 0.2) is 0 Å². The Labute approximate surface area is 191 Å². The zero-order valence-electron chi connectivity index (χ0n) is 18.1. The van der Waals surface area contributed by atoms with Gasteiger partial charge in [0.05, 0.1) is 17.2 Å². The second-order valence-electron chi connectivity index (χ2n) is 7.47. The molecule has 0 bridgehead atoms. The van der Waals surface area contributed by atoms with E-state index >= 15 is 0 Å². The fraction of sp³-hybridized carbons (Fsp3) is 0.120. The summed E-state index contributed by atoms with van der Waals surface area (Å²) in [4.78, 5) is 23.6. The second kappa shape index (κ2) is 9.78. The smallest absolute Gasteiger partial charge is 0.293 e. The fourth-order valence-corrected chi connectivity index (χ4v) is 3.60. The minimum absolute atomic E-state index is 0.147. The van der Waals surface area contributed by atoms with Crippen molar-refractivity contribution in [2.45, 2.75) is 13.1 Å². The summed E-state index contributed by atoms with van der Waals surface area (Å²) in [6, 6.07) is 24.1. The summed E-state index contributed by atoms with van der Waals surface area (Å²) in [7, 11) is 1.60. The first-order chi connectivity index (χ1) is 16.0. The van der Waals surface area contributed by atoms with E-state index in [0.29, 0.717) is 12.2 Å². The highest BCUT2D eigenvalue weighted by Gasteiger charge is 2.18. The number of amides is 1. The van der Waals surface area contributed by atoms with Gasteiger partial charge in [-0.3, -0.25) is 19.6 Å². The molecule has 1 heterocycles. The summed E-state index contributed by atoms with van der Waals surface area (Å²) >= 11 is 0. The molecule has 0 aliphatic rings. The summed E-state index contributed by atoms with van der Waals surface area (Å²) in [5.74, 6) is -0.393. The van der Waals surface area contributed by atoms with E-state index in [4.69, 9.17) is 5.10 Å². The molecule has 0 atom stereocenters. The average Bonchev–Trinajstić information content (AvgIpc) is 3.25. The number of hydrogen-bond acceptors (Lipinski definition) is 5. The van der Waals surface area contributed by atoms with Gasteiger partial charge < -0.3 is 10.6 Å². The van der Waals surface area contributed by atoms with E-state index < -0.39 is 10.8 Å². The number of nitrogens with one attached hydrogen (secondary N) is 2. The van der Waals surface area contributed by atoms with Crippen molar-refractivity contribution in [1.29, 1.82) is 0 Å². The zero-order valence-corrected chi connectivity index (χ0v) is 18.1. The maximum atomic E-state index is 12.8. The van der Waals surface area contributed by atoms with Gasteiger partial charge in [-0.25, -0.2) is 0 Å². The van der Waals surface area contributed by atoms with E-state index in [1.165, 1.54) is 12.1 Å². The molecular weight excluding hydrogens is 418 g/mol. The van der Waals surface area contributed by atoms with Gasteiger partial charge in [0, 0.05) is 42.5 Å². The molecule has 8 heteroatoms. The number of carbonyl (C=O) groups excluding carboxylic acids is 1. The Morgan fingerprint density at radius 3 is 2.39 bits per heavy atom. The Morgan fingerprint density at radius 1 is 1.03 bits per heavy atom. The average molecular weight is 441 g/mol. The zero-order chi connectivity index (χ0) is 23.2. The molecule has 0 spiro atoms. The first-order valence-corrected chi connectivity index (χ1v) is 10.4. The molecule has 4 aromatic rings. The molecule has 2 N–H and O–H groups in total. The number of nitro benzene ring substituents is 1. The lowest BCUT2D eigenvalue weighted by Gasteiger charge is -2.07. The highest BCUT2D eigenvalue weighted by molar-refractivity contribution is 5.95. The van der Waals surface area contributed by atoms with Gasteiger partial charge in [0.1, 0.15) is 5.69 Å². The Kier molecular flexibility index (Phi) is 6.45. The second-order valence-corrected chi connectivity index (χ2v) is 7.47. The molecule has 0 unspecified atom stereocenters. The van der Waals surface area contributed by atoms with Gasteiger partial charge in [-0.1, -0.05) is 60.7 Å². The van der Waals surface area contributed by atoms with Crippen LogP contribution in [-0.4, -0.2) is 27.7 Å². The molecule has 8 nitrogen and oxygen atoms in total. The first kappa shape index (κ1) is 21.8. The largest absolute Gasteiger partial charge is 0.383 e. The van der Waals surface area contributed by atoms with Crippen molar-refractivity contribution in [3.8, 4) is 11.3 Å². The number of nitro groups is 1. The third-order valence-corrected chi connectivity index (χ3v) is 5.24. The Morgan fingerprint density at radius 2 is 1.73 bits per heavy atom. The highest BCUT2D eigenvalue weighted by Crippen LogP contribution is 2.26. The van der Waals surface area contributed by atoms with Crippen molar-refractivity contribution in [3.05, 3.63) is 112 Å². The van der Waals surface area contributed by atoms with E-state index in [0.717, 1.165) is 22.4 Å². The predicted molar refractivity (Wildman–Crippen MR) is 127 cm³/mol. The number of nitrogens with zero attached hydrogens (tertiary/aromatic N) is 3. The van der Waals surface area contributed by atoms with Crippen LogP contribution in [0.1, 0.15) is 21.5 Å². The highest BCUT2D eigenvalue weighted by atomic mass is 16.6. The summed E-state index contributed by atoms with van der Waals surface area (Å²) in [5.41, 5.74) is 4.12. The van der Waals surface area contributed by atoms with Gasteiger partial charge in [0.2, 0.25) is 0 Å². The minimum atomic E-state index is -0.510. The monoisotopic (exact) mass is 441 g/mol. The Balaban J connectivity index is 1.57. The van der Waals surface area contributed by atoms with Gasteiger partial charge >= 0.3 is 0 Å². The van der Waals surface area contributed by atoms with Crippen LogP contribution >= 0.6 is 0 Å². The number of aromatic nitrogens is 2. The first-order valence-electron chi connectivity index (χ1n) is 10.4. The molecule has 0 fully saturated rings. The van der Waals surface area contributed by atoms with Crippen molar-refractivity contribution >= 4 is 17.3 Å². The van der Waals surface area contributed by atoms with Crippen LogP contribution in [0.25, 0.3) is 11.3 Å². The van der Waals surface area contributed by atoms with Crippen molar-refractivity contribution in [1.82, 2.24) is 15.1 Å². The molecular formula is C25H23N5O3. The quantitative estimate of drug-likeness (QED) is 0.310.